The maximum Gasteiger partial charge on any atom is 0.246 e. The lowest BCUT2D eigenvalue weighted by Crippen LogP contribution is -2.39. The van der Waals surface area contributed by atoms with E-state index < -0.39 is 15.8 Å². The minimum atomic E-state index is -3.77. The molecule has 1 aromatic rings. The van der Waals surface area contributed by atoms with Gasteiger partial charge in [-0.25, -0.2) is 12.8 Å². The van der Waals surface area contributed by atoms with Gasteiger partial charge in [0.25, 0.3) is 0 Å². The van der Waals surface area contributed by atoms with Gasteiger partial charge in [-0.2, -0.15) is 4.31 Å². The Bertz CT molecular complexity index is 652. The number of benzene rings is 1. The normalized spacial score (nSPS) is 27.8. The smallest absolute Gasteiger partial charge is 0.246 e. The van der Waals surface area contributed by atoms with E-state index in [1.165, 1.54) is 16.4 Å². The molecule has 2 unspecified atom stereocenters. The SMILES string of the molecule is CN1C2CCC1CN(S(=O)(=O)c1ccc(Br)cc1F)CC2. The second-order valence-corrected chi connectivity index (χ2v) is 8.60. The maximum absolute atomic E-state index is 14.0. The summed E-state index contributed by atoms with van der Waals surface area (Å²) in [5.74, 6) is -0.702. The van der Waals surface area contributed by atoms with Gasteiger partial charge in [0.15, 0.2) is 0 Å². The standard InChI is InChI=1S/C14H18BrFN2O2S/c1-17-11-3-4-12(17)9-18(7-6-11)21(19,20)14-5-2-10(15)8-13(14)16/h2,5,8,11-12H,3-4,6-7,9H2,1H3. The summed E-state index contributed by atoms with van der Waals surface area (Å²) in [6.07, 6.45) is 2.95. The monoisotopic (exact) mass is 376 g/mol. The Kier molecular flexibility index (Phi) is 4.11. The third-order valence-electron chi connectivity index (χ3n) is 4.62. The predicted octanol–water partition coefficient (Wildman–Crippen LogP) is 2.45. The summed E-state index contributed by atoms with van der Waals surface area (Å²) in [5, 5.41) is 0. The van der Waals surface area contributed by atoms with Crippen molar-refractivity contribution in [3.05, 3.63) is 28.5 Å². The van der Waals surface area contributed by atoms with E-state index in [2.05, 4.69) is 27.9 Å². The molecule has 0 radical (unpaired) electrons. The minimum Gasteiger partial charge on any atom is -0.299 e. The Morgan fingerprint density at radius 3 is 2.67 bits per heavy atom. The van der Waals surface area contributed by atoms with E-state index in [4.69, 9.17) is 0 Å². The van der Waals surface area contributed by atoms with Gasteiger partial charge in [-0.05, 0) is 44.5 Å². The molecular formula is C14H18BrFN2O2S. The number of fused-ring (bicyclic) bond motifs is 2. The van der Waals surface area contributed by atoms with Crippen molar-refractivity contribution in [3.63, 3.8) is 0 Å². The van der Waals surface area contributed by atoms with E-state index in [0.29, 0.717) is 23.6 Å². The largest absolute Gasteiger partial charge is 0.299 e. The highest BCUT2D eigenvalue weighted by Gasteiger charge is 2.39. The highest BCUT2D eigenvalue weighted by atomic mass is 79.9. The van der Waals surface area contributed by atoms with E-state index in [1.54, 1.807) is 6.07 Å². The van der Waals surface area contributed by atoms with Crippen LogP contribution in [0.25, 0.3) is 0 Å². The lowest BCUT2D eigenvalue weighted by Gasteiger charge is -2.25. The van der Waals surface area contributed by atoms with Gasteiger partial charge in [0.2, 0.25) is 10.0 Å². The zero-order valence-electron chi connectivity index (χ0n) is 11.8. The molecule has 0 amide bonds. The number of nitrogens with zero attached hydrogens (tertiary/aromatic N) is 2. The van der Waals surface area contributed by atoms with Gasteiger partial charge in [0, 0.05) is 29.6 Å². The van der Waals surface area contributed by atoms with Gasteiger partial charge >= 0.3 is 0 Å². The predicted molar refractivity (Wildman–Crippen MR) is 82.0 cm³/mol. The molecule has 4 nitrogen and oxygen atoms in total. The third-order valence-corrected chi connectivity index (χ3v) is 7.01. The van der Waals surface area contributed by atoms with Crippen molar-refractivity contribution in [2.24, 2.45) is 0 Å². The number of likely N-dealkylation sites (N-methyl/N-ethyl adjacent to an activating group) is 1. The number of hydrogen-bond acceptors (Lipinski definition) is 3. The first-order valence-electron chi connectivity index (χ1n) is 7.07. The highest BCUT2D eigenvalue weighted by molar-refractivity contribution is 9.10. The zero-order valence-corrected chi connectivity index (χ0v) is 14.2. The van der Waals surface area contributed by atoms with Crippen molar-refractivity contribution in [2.45, 2.75) is 36.2 Å². The van der Waals surface area contributed by atoms with Gasteiger partial charge in [-0.3, -0.25) is 4.90 Å². The van der Waals surface area contributed by atoms with Crippen LogP contribution in [0.1, 0.15) is 19.3 Å². The molecule has 2 heterocycles. The minimum absolute atomic E-state index is 0.230. The summed E-state index contributed by atoms with van der Waals surface area (Å²) >= 11 is 3.15. The molecule has 2 fully saturated rings. The van der Waals surface area contributed by atoms with E-state index in [9.17, 15) is 12.8 Å². The fourth-order valence-corrected chi connectivity index (χ4v) is 5.19. The summed E-state index contributed by atoms with van der Waals surface area (Å²) in [5.41, 5.74) is 0. The van der Waals surface area contributed by atoms with Crippen LogP contribution in [0.5, 0.6) is 0 Å². The van der Waals surface area contributed by atoms with E-state index in [1.807, 2.05) is 0 Å². The van der Waals surface area contributed by atoms with Gasteiger partial charge < -0.3 is 0 Å². The summed E-state index contributed by atoms with van der Waals surface area (Å²) in [6.45, 7) is 0.911. The Morgan fingerprint density at radius 2 is 1.95 bits per heavy atom. The van der Waals surface area contributed by atoms with Crippen molar-refractivity contribution >= 4 is 26.0 Å². The fourth-order valence-electron chi connectivity index (χ4n) is 3.32. The second kappa shape index (κ2) is 5.61. The highest BCUT2D eigenvalue weighted by Crippen LogP contribution is 2.31. The average molecular weight is 377 g/mol. The Morgan fingerprint density at radius 1 is 1.24 bits per heavy atom. The number of hydrogen-bond donors (Lipinski definition) is 0. The number of sulfonamides is 1. The molecule has 2 saturated heterocycles. The third kappa shape index (κ3) is 2.76. The molecule has 0 N–H and O–H groups in total. The maximum atomic E-state index is 14.0. The molecule has 21 heavy (non-hydrogen) atoms. The lowest BCUT2D eigenvalue weighted by molar-refractivity contribution is 0.246. The lowest BCUT2D eigenvalue weighted by atomic mass is 10.1. The van der Waals surface area contributed by atoms with Crippen LogP contribution in [0, 0.1) is 5.82 Å². The number of halogens is 2. The molecule has 2 aliphatic rings. The molecule has 0 saturated carbocycles. The van der Waals surface area contributed by atoms with Crippen LogP contribution in [0.3, 0.4) is 0 Å². The van der Waals surface area contributed by atoms with Crippen LogP contribution in [-0.2, 0) is 10.0 Å². The summed E-state index contributed by atoms with van der Waals surface area (Å²) < 4.78 is 41.4. The first kappa shape index (κ1) is 15.4. The van der Waals surface area contributed by atoms with Crippen LogP contribution < -0.4 is 0 Å². The summed E-state index contributed by atoms with van der Waals surface area (Å²) in [4.78, 5) is 2.04. The second-order valence-electron chi connectivity index (χ2n) is 5.78. The van der Waals surface area contributed by atoms with E-state index in [-0.39, 0.29) is 10.9 Å². The van der Waals surface area contributed by atoms with Gasteiger partial charge in [-0.1, -0.05) is 15.9 Å². The molecule has 116 valence electrons. The zero-order chi connectivity index (χ0) is 15.2. The van der Waals surface area contributed by atoms with Gasteiger partial charge in [0.05, 0.1) is 0 Å². The van der Waals surface area contributed by atoms with Crippen LogP contribution in [0.15, 0.2) is 27.6 Å². The molecule has 0 aromatic heterocycles. The molecule has 0 spiro atoms. The molecule has 2 atom stereocenters. The summed E-state index contributed by atoms with van der Waals surface area (Å²) in [6, 6.07) is 4.78. The molecule has 1 aromatic carbocycles. The number of rotatable bonds is 2. The van der Waals surface area contributed by atoms with Crippen molar-refractivity contribution in [1.82, 2.24) is 9.21 Å². The molecular weight excluding hydrogens is 359 g/mol. The average Bonchev–Trinajstić information content (AvgIpc) is 2.61. The first-order valence-corrected chi connectivity index (χ1v) is 9.30. The van der Waals surface area contributed by atoms with Crippen molar-refractivity contribution in [2.75, 3.05) is 20.1 Å². The Labute approximate surface area is 133 Å². The van der Waals surface area contributed by atoms with Crippen LogP contribution >= 0.6 is 15.9 Å². The van der Waals surface area contributed by atoms with Gasteiger partial charge in [-0.15, -0.1) is 0 Å². The van der Waals surface area contributed by atoms with Crippen LogP contribution in [0.2, 0.25) is 0 Å². The fraction of sp³-hybridized carbons (Fsp3) is 0.571. The molecule has 0 aliphatic carbocycles. The van der Waals surface area contributed by atoms with E-state index in [0.717, 1.165) is 19.3 Å². The van der Waals surface area contributed by atoms with Gasteiger partial charge in [0.1, 0.15) is 10.7 Å². The Hall–Kier alpha value is -0.500. The van der Waals surface area contributed by atoms with Crippen molar-refractivity contribution < 1.29 is 12.8 Å². The summed E-state index contributed by atoms with van der Waals surface area (Å²) in [7, 11) is -1.71. The molecule has 2 bridgehead atoms. The molecule has 2 aliphatic heterocycles. The quantitative estimate of drug-likeness (QED) is 0.795. The van der Waals surface area contributed by atoms with Crippen LogP contribution in [-0.4, -0.2) is 49.8 Å². The molecule has 3 rings (SSSR count). The Balaban J connectivity index is 1.91. The topological polar surface area (TPSA) is 40.6 Å². The van der Waals surface area contributed by atoms with Crippen LogP contribution in [0.4, 0.5) is 4.39 Å². The van der Waals surface area contributed by atoms with E-state index >= 15 is 0 Å². The van der Waals surface area contributed by atoms with Crippen molar-refractivity contribution in [3.8, 4) is 0 Å². The first-order chi connectivity index (χ1) is 9.89. The molecule has 7 heteroatoms. The van der Waals surface area contributed by atoms with Crippen molar-refractivity contribution in [1.29, 1.82) is 0 Å².